The topological polar surface area (TPSA) is 18.5 Å². The highest BCUT2D eigenvalue weighted by molar-refractivity contribution is 5.23. The number of para-hydroxylation sites is 2. The molecule has 4 aliphatic carbocycles. The van der Waals surface area contributed by atoms with E-state index in [0.717, 1.165) is 53.4 Å². The second kappa shape index (κ2) is 12.0. The number of hydrogen-bond donors (Lipinski definition) is 0. The zero-order chi connectivity index (χ0) is 28.6. The lowest BCUT2D eigenvalue weighted by atomic mass is 9.43. The molecule has 10 unspecified atom stereocenters. The SMILES string of the molecule is CC(C)CCCC(C)C1CCC2C3CC(Oc4ccccc4)C4CC(Oc5ccccc5)CCC4(C)C3CCC12C. The number of hydrogen-bond acceptors (Lipinski definition) is 2. The van der Waals surface area contributed by atoms with Gasteiger partial charge >= 0.3 is 0 Å². The molecular formula is C39H56O2. The third-order valence-electron chi connectivity index (χ3n) is 12.9. The quantitative estimate of drug-likeness (QED) is 0.306. The van der Waals surface area contributed by atoms with Gasteiger partial charge in [-0.2, -0.15) is 0 Å². The fraction of sp³-hybridized carbons (Fsp3) is 0.692. The van der Waals surface area contributed by atoms with Gasteiger partial charge in [-0.25, -0.2) is 0 Å². The van der Waals surface area contributed by atoms with Crippen LogP contribution in [0.25, 0.3) is 0 Å². The molecule has 41 heavy (non-hydrogen) atoms. The highest BCUT2D eigenvalue weighted by atomic mass is 16.5. The van der Waals surface area contributed by atoms with E-state index < -0.39 is 0 Å². The number of rotatable bonds is 9. The van der Waals surface area contributed by atoms with Crippen molar-refractivity contribution < 1.29 is 9.47 Å². The third-order valence-corrected chi connectivity index (χ3v) is 12.9. The van der Waals surface area contributed by atoms with Crippen molar-refractivity contribution >= 4 is 0 Å². The first-order valence-electron chi connectivity index (χ1n) is 17.2. The zero-order valence-electron chi connectivity index (χ0n) is 26.6. The van der Waals surface area contributed by atoms with Gasteiger partial charge < -0.3 is 9.47 Å². The van der Waals surface area contributed by atoms with E-state index in [1.54, 1.807) is 0 Å². The maximum absolute atomic E-state index is 7.01. The molecule has 0 aliphatic heterocycles. The molecule has 10 atom stereocenters. The Hall–Kier alpha value is -1.96. The summed E-state index contributed by atoms with van der Waals surface area (Å²) in [5.41, 5.74) is 0.841. The lowest BCUT2D eigenvalue weighted by Crippen LogP contribution is -2.59. The van der Waals surface area contributed by atoms with E-state index in [4.69, 9.17) is 9.47 Å². The van der Waals surface area contributed by atoms with Crippen LogP contribution in [0.2, 0.25) is 0 Å². The van der Waals surface area contributed by atoms with Crippen LogP contribution in [-0.2, 0) is 0 Å². The van der Waals surface area contributed by atoms with Gasteiger partial charge in [-0.3, -0.25) is 0 Å². The van der Waals surface area contributed by atoms with Crippen molar-refractivity contribution in [3.8, 4) is 11.5 Å². The summed E-state index contributed by atoms with van der Waals surface area (Å²) in [7, 11) is 0. The van der Waals surface area contributed by atoms with E-state index in [9.17, 15) is 0 Å². The van der Waals surface area contributed by atoms with Crippen molar-refractivity contribution in [2.75, 3.05) is 0 Å². The fourth-order valence-corrected chi connectivity index (χ4v) is 10.9. The van der Waals surface area contributed by atoms with Gasteiger partial charge in [0.1, 0.15) is 17.6 Å². The van der Waals surface area contributed by atoms with E-state index in [2.05, 4.69) is 95.3 Å². The van der Waals surface area contributed by atoms with Crippen molar-refractivity contribution in [1.82, 2.24) is 0 Å². The van der Waals surface area contributed by atoms with Crippen LogP contribution in [0.1, 0.15) is 105 Å². The molecule has 4 fully saturated rings. The van der Waals surface area contributed by atoms with E-state index in [1.807, 2.05) is 0 Å². The average molecular weight is 557 g/mol. The van der Waals surface area contributed by atoms with E-state index in [-0.39, 0.29) is 12.2 Å². The van der Waals surface area contributed by atoms with E-state index in [1.165, 1.54) is 64.2 Å². The van der Waals surface area contributed by atoms with Crippen molar-refractivity contribution in [2.45, 2.75) is 117 Å². The molecule has 2 aromatic rings. The monoisotopic (exact) mass is 556 g/mol. The summed E-state index contributed by atoms with van der Waals surface area (Å²) in [5, 5.41) is 0. The highest BCUT2D eigenvalue weighted by Gasteiger charge is 2.63. The summed E-state index contributed by atoms with van der Waals surface area (Å²) in [6.07, 6.45) is 15.3. The molecule has 2 heteroatoms. The van der Waals surface area contributed by atoms with Crippen LogP contribution >= 0.6 is 0 Å². The third kappa shape index (κ3) is 5.71. The normalized spacial score (nSPS) is 38.9. The standard InChI is InChI=1S/C39H56O2/c1-27(2)13-12-14-28(3)33-19-20-34-32-26-37(41-30-17-10-7-11-18-30)36-25-31(40-29-15-8-6-9-16-29)21-23-39(36,5)35(32)22-24-38(33,34)4/h6-11,15-18,27-28,31-37H,12-14,19-26H2,1-5H3. The van der Waals surface area contributed by atoms with Gasteiger partial charge in [0.15, 0.2) is 0 Å². The Morgan fingerprint density at radius 2 is 1.32 bits per heavy atom. The smallest absolute Gasteiger partial charge is 0.119 e. The maximum atomic E-state index is 7.01. The minimum absolute atomic E-state index is 0.274. The lowest BCUT2D eigenvalue weighted by molar-refractivity contribution is -0.164. The van der Waals surface area contributed by atoms with Gasteiger partial charge in [0.25, 0.3) is 0 Å². The van der Waals surface area contributed by atoms with Gasteiger partial charge in [-0.15, -0.1) is 0 Å². The minimum atomic E-state index is 0.274. The van der Waals surface area contributed by atoms with E-state index in [0.29, 0.717) is 16.7 Å². The Morgan fingerprint density at radius 3 is 2.00 bits per heavy atom. The number of fused-ring (bicyclic) bond motifs is 5. The molecule has 0 aromatic heterocycles. The van der Waals surface area contributed by atoms with Crippen LogP contribution in [-0.4, -0.2) is 12.2 Å². The van der Waals surface area contributed by atoms with Crippen molar-refractivity contribution in [2.24, 2.45) is 52.3 Å². The molecule has 0 N–H and O–H groups in total. The van der Waals surface area contributed by atoms with Crippen LogP contribution in [0.15, 0.2) is 60.7 Å². The molecule has 0 bridgehead atoms. The Labute approximate surface area is 251 Å². The average Bonchev–Trinajstić information content (AvgIpc) is 3.32. The Kier molecular flexibility index (Phi) is 8.50. The zero-order valence-corrected chi connectivity index (χ0v) is 26.6. The van der Waals surface area contributed by atoms with Crippen LogP contribution in [0, 0.1) is 52.3 Å². The summed E-state index contributed by atoms with van der Waals surface area (Å²) in [6, 6.07) is 21.2. The first-order valence-corrected chi connectivity index (χ1v) is 17.2. The molecule has 4 aliphatic rings. The Balaban J connectivity index is 1.24. The molecule has 224 valence electrons. The van der Waals surface area contributed by atoms with E-state index >= 15 is 0 Å². The Bertz CT molecular complexity index is 1110. The van der Waals surface area contributed by atoms with Crippen molar-refractivity contribution in [3.63, 3.8) is 0 Å². The van der Waals surface area contributed by atoms with Crippen LogP contribution in [0.4, 0.5) is 0 Å². The van der Waals surface area contributed by atoms with Gasteiger partial charge in [0, 0.05) is 5.92 Å². The fourth-order valence-electron chi connectivity index (χ4n) is 10.9. The predicted octanol–water partition coefficient (Wildman–Crippen LogP) is 10.6. The molecular weight excluding hydrogens is 500 g/mol. The largest absolute Gasteiger partial charge is 0.490 e. The number of benzene rings is 2. The molecule has 0 saturated heterocycles. The summed E-state index contributed by atoms with van der Waals surface area (Å²) in [5.74, 6) is 7.67. The van der Waals surface area contributed by atoms with Crippen molar-refractivity contribution in [1.29, 1.82) is 0 Å². The van der Waals surface area contributed by atoms with Crippen molar-refractivity contribution in [3.05, 3.63) is 60.7 Å². The maximum Gasteiger partial charge on any atom is 0.119 e. The predicted molar refractivity (Wildman–Crippen MR) is 170 cm³/mol. The van der Waals surface area contributed by atoms with Crippen LogP contribution in [0.3, 0.4) is 0 Å². The summed E-state index contributed by atoms with van der Waals surface area (Å²) in [6.45, 7) is 12.7. The summed E-state index contributed by atoms with van der Waals surface area (Å²) >= 11 is 0. The second-order valence-corrected chi connectivity index (χ2v) is 15.6. The molecule has 2 nitrogen and oxygen atoms in total. The first-order chi connectivity index (χ1) is 19.8. The second-order valence-electron chi connectivity index (χ2n) is 15.6. The van der Waals surface area contributed by atoms with Crippen LogP contribution in [0.5, 0.6) is 11.5 Å². The van der Waals surface area contributed by atoms with Gasteiger partial charge in [-0.1, -0.05) is 90.3 Å². The van der Waals surface area contributed by atoms with Gasteiger partial charge in [0.05, 0.1) is 6.10 Å². The number of ether oxygens (including phenoxy) is 2. The Morgan fingerprint density at radius 1 is 0.683 bits per heavy atom. The summed E-state index contributed by atoms with van der Waals surface area (Å²) in [4.78, 5) is 0. The van der Waals surface area contributed by atoms with Gasteiger partial charge in [-0.05, 0) is 122 Å². The first kappa shape index (κ1) is 29.1. The van der Waals surface area contributed by atoms with Crippen LogP contribution < -0.4 is 9.47 Å². The molecule has 2 aromatic carbocycles. The van der Waals surface area contributed by atoms with Gasteiger partial charge in [0.2, 0.25) is 0 Å². The highest BCUT2D eigenvalue weighted by Crippen LogP contribution is 2.68. The summed E-state index contributed by atoms with van der Waals surface area (Å²) < 4.78 is 13.6. The lowest BCUT2D eigenvalue weighted by Gasteiger charge is -2.63. The molecule has 0 spiro atoms. The molecule has 0 heterocycles. The molecule has 6 rings (SSSR count). The molecule has 0 amide bonds. The molecule has 0 radical (unpaired) electrons. The molecule has 4 saturated carbocycles. The minimum Gasteiger partial charge on any atom is -0.490 e.